The predicted octanol–water partition coefficient (Wildman–Crippen LogP) is 6.40. The van der Waals surface area contributed by atoms with Crippen molar-refractivity contribution in [2.24, 2.45) is 5.92 Å². The molecule has 284 valence electrons. The third kappa shape index (κ3) is 9.01. The number of carbonyl (C=O) groups is 3. The molecule has 0 radical (unpaired) electrons. The molecule has 0 saturated carbocycles. The zero-order valence-electron chi connectivity index (χ0n) is 30.5. The molecule has 3 N–H and O–H groups in total. The van der Waals surface area contributed by atoms with Crippen molar-refractivity contribution < 1.29 is 41.8 Å². The fourth-order valence-corrected chi connectivity index (χ4v) is 6.24. The Bertz CT molecular complexity index is 2260. The van der Waals surface area contributed by atoms with E-state index in [1.165, 1.54) is 48.9 Å². The highest BCUT2D eigenvalue weighted by molar-refractivity contribution is 7.90. The van der Waals surface area contributed by atoms with Gasteiger partial charge in [-0.3, -0.25) is 14.9 Å². The number of amides is 2. The van der Waals surface area contributed by atoms with Crippen molar-refractivity contribution in [3.63, 3.8) is 0 Å². The van der Waals surface area contributed by atoms with Crippen LogP contribution in [0.15, 0.2) is 90.0 Å². The molecule has 0 saturated heterocycles. The first-order valence-corrected chi connectivity index (χ1v) is 18.9. The summed E-state index contributed by atoms with van der Waals surface area (Å²) < 4.78 is 50.6. The van der Waals surface area contributed by atoms with Gasteiger partial charge in [-0.25, -0.2) is 27.0 Å². The molecule has 54 heavy (non-hydrogen) atoms. The van der Waals surface area contributed by atoms with Crippen LogP contribution in [0.2, 0.25) is 0 Å². The summed E-state index contributed by atoms with van der Waals surface area (Å²) in [6.07, 6.45) is 1.23. The Morgan fingerprint density at radius 1 is 0.963 bits per heavy atom. The smallest absolute Gasteiger partial charge is 0.423 e. The number of halogens is 1. The highest BCUT2D eigenvalue weighted by Gasteiger charge is 2.31. The molecule has 1 unspecified atom stereocenters. The van der Waals surface area contributed by atoms with Crippen LogP contribution in [-0.4, -0.2) is 71.7 Å². The summed E-state index contributed by atoms with van der Waals surface area (Å²) in [7, 11) is -2.33. The Kier molecular flexibility index (Phi) is 12.0. The zero-order chi connectivity index (χ0) is 39.3. The number of pyridine rings is 1. The van der Waals surface area contributed by atoms with Crippen LogP contribution in [0.4, 0.5) is 26.5 Å². The van der Waals surface area contributed by atoms with E-state index in [0.717, 1.165) is 22.3 Å². The average molecular weight is 761 g/mol. The summed E-state index contributed by atoms with van der Waals surface area (Å²) in [6.45, 7) is 6.84. The number of carbonyl (C=O) groups excluding carboxylic acids is 2. The number of nitrogens with zero attached hydrogens (tertiary/aromatic N) is 4. The number of aliphatic carboxylic acids is 1. The minimum absolute atomic E-state index is 0.0114. The molecule has 5 rings (SSSR count). The standard InChI is InChI=1S/C38H41FN6O8S/c1-7-22(2)34(36(47)48)40-24(4)53-38(49)45(31-18-17-30(54(6,50)51)20-32(31)52-5)37-42-33-19-12-27(21-44(33)43-37)26-10-15-29(16-11-26)41-35(46)23(3)25-8-13-28(39)14-9-25/h8-24,34,40H,7H2,1-6H3,(H,41,46)(H,47,48)/t22-,23+,24?,34+/m0/s1. The van der Waals surface area contributed by atoms with E-state index in [-0.39, 0.29) is 39.9 Å². The lowest BCUT2D eigenvalue weighted by Gasteiger charge is -2.27. The van der Waals surface area contributed by atoms with Crippen molar-refractivity contribution in [1.82, 2.24) is 19.9 Å². The number of aromatic nitrogens is 3. The van der Waals surface area contributed by atoms with Crippen LogP contribution in [0.3, 0.4) is 0 Å². The van der Waals surface area contributed by atoms with Crippen LogP contribution in [0.25, 0.3) is 16.8 Å². The second kappa shape index (κ2) is 16.4. The number of fused-ring (bicyclic) bond motifs is 1. The molecule has 0 aliphatic heterocycles. The number of methoxy groups -OCH3 is 1. The van der Waals surface area contributed by atoms with E-state index in [2.05, 4.69) is 20.7 Å². The van der Waals surface area contributed by atoms with E-state index in [9.17, 15) is 32.3 Å². The Hall–Kier alpha value is -5.87. The number of nitrogens with one attached hydrogen (secondary N) is 2. The van der Waals surface area contributed by atoms with E-state index in [4.69, 9.17) is 9.47 Å². The Balaban J connectivity index is 1.44. The fourth-order valence-electron chi connectivity index (χ4n) is 5.60. The number of carboxylic acid groups (broad SMARTS) is 1. The van der Waals surface area contributed by atoms with Gasteiger partial charge in [0.2, 0.25) is 5.91 Å². The number of benzene rings is 3. The monoisotopic (exact) mass is 760 g/mol. The molecule has 0 bridgehead atoms. The molecular formula is C38H41FN6O8S. The molecule has 14 nitrogen and oxygen atoms in total. The molecule has 2 aromatic heterocycles. The largest absolute Gasteiger partial charge is 0.495 e. The number of ether oxygens (including phenoxy) is 2. The van der Waals surface area contributed by atoms with Gasteiger partial charge in [0, 0.05) is 29.8 Å². The molecule has 0 fully saturated rings. The first-order valence-electron chi connectivity index (χ1n) is 17.0. The number of hydrogen-bond acceptors (Lipinski definition) is 10. The van der Waals surface area contributed by atoms with Crippen molar-refractivity contribution in [3.05, 3.63) is 96.4 Å². The summed E-state index contributed by atoms with van der Waals surface area (Å²) in [6, 6.07) is 19.3. The Labute approximate surface area is 311 Å². The first-order chi connectivity index (χ1) is 25.6. The number of carboxylic acids is 1. The lowest BCUT2D eigenvalue weighted by molar-refractivity contribution is -0.142. The third-order valence-electron chi connectivity index (χ3n) is 8.94. The molecule has 3 aromatic carbocycles. The van der Waals surface area contributed by atoms with Crippen molar-refractivity contribution in [3.8, 4) is 16.9 Å². The Morgan fingerprint density at radius 2 is 1.63 bits per heavy atom. The highest BCUT2D eigenvalue weighted by atomic mass is 32.2. The van der Waals surface area contributed by atoms with Crippen molar-refractivity contribution in [1.29, 1.82) is 0 Å². The Morgan fingerprint density at radius 3 is 2.24 bits per heavy atom. The topological polar surface area (TPSA) is 182 Å². The normalized spacial score (nSPS) is 13.8. The second-order valence-electron chi connectivity index (χ2n) is 12.8. The number of hydrogen-bond donors (Lipinski definition) is 3. The van der Waals surface area contributed by atoms with E-state index in [1.807, 2.05) is 19.1 Å². The van der Waals surface area contributed by atoms with Gasteiger partial charge in [0.25, 0.3) is 5.95 Å². The van der Waals surface area contributed by atoms with Gasteiger partial charge in [0.15, 0.2) is 21.7 Å². The van der Waals surface area contributed by atoms with Crippen LogP contribution < -0.4 is 20.3 Å². The van der Waals surface area contributed by atoms with Gasteiger partial charge in [0.05, 0.1) is 23.6 Å². The third-order valence-corrected chi connectivity index (χ3v) is 10.1. The van der Waals surface area contributed by atoms with Crippen LogP contribution in [-0.2, 0) is 24.2 Å². The van der Waals surface area contributed by atoms with Gasteiger partial charge < -0.3 is 19.9 Å². The van der Waals surface area contributed by atoms with Gasteiger partial charge in [-0.15, -0.1) is 5.10 Å². The quantitative estimate of drug-likeness (QED) is 0.107. The molecule has 0 aliphatic rings. The van der Waals surface area contributed by atoms with E-state index < -0.39 is 40.1 Å². The average Bonchev–Trinajstić information content (AvgIpc) is 3.56. The van der Waals surface area contributed by atoms with Crippen molar-refractivity contribution in [2.45, 2.75) is 57.2 Å². The maximum Gasteiger partial charge on any atom is 0.423 e. The first kappa shape index (κ1) is 39.3. The lowest BCUT2D eigenvalue weighted by atomic mass is 9.99. The number of sulfone groups is 1. The molecule has 0 spiro atoms. The molecule has 4 atom stereocenters. The number of anilines is 3. The van der Waals surface area contributed by atoms with E-state index in [0.29, 0.717) is 23.3 Å². The van der Waals surface area contributed by atoms with Crippen LogP contribution in [0.5, 0.6) is 5.75 Å². The maximum atomic E-state index is 13.9. The highest BCUT2D eigenvalue weighted by Crippen LogP contribution is 2.36. The van der Waals surface area contributed by atoms with Crippen LogP contribution in [0, 0.1) is 11.7 Å². The SMILES string of the molecule is CC[C@H](C)[C@@H](NC(C)OC(=O)N(c1nc2ccc(-c3ccc(NC(=O)[C@H](C)c4ccc(F)cc4)cc3)cn2n1)c1ccc(S(C)(=O)=O)cc1OC)C(=O)O. The van der Waals surface area contributed by atoms with Crippen molar-refractivity contribution in [2.75, 3.05) is 23.6 Å². The van der Waals surface area contributed by atoms with E-state index >= 15 is 0 Å². The van der Waals surface area contributed by atoms with Gasteiger partial charge in [0.1, 0.15) is 17.6 Å². The summed E-state index contributed by atoms with van der Waals surface area (Å²) in [5, 5.41) is 20.0. The van der Waals surface area contributed by atoms with Crippen molar-refractivity contribution >= 4 is 50.8 Å². The van der Waals surface area contributed by atoms with Gasteiger partial charge >= 0.3 is 12.1 Å². The zero-order valence-corrected chi connectivity index (χ0v) is 31.3. The second-order valence-corrected chi connectivity index (χ2v) is 14.8. The molecular weight excluding hydrogens is 720 g/mol. The van der Waals surface area contributed by atoms with E-state index in [1.54, 1.807) is 56.4 Å². The van der Waals surface area contributed by atoms with Crippen LogP contribution >= 0.6 is 0 Å². The molecule has 2 heterocycles. The lowest BCUT2D eigenvalue weighted by Crippen LogP contribution is -2.48. The van der Waals surface area contributed by atoms with Gasteiger partial charge in [-0.1, -0.05) is 44.5 Å². The molecule has 16 heteroatoms. The predicted molar refractivity (Wildman–Crippen MR) is 200 cm³/mol. The minimum atomic E-state index is -3.64. The van der Waals surface area contributed by atoms with Gasteiger partial charge in [-0.2, -0.15) is 4.98 Å². The maximum absolute atomic E-state index is 13.9. The summed E-state index contributed by atoms with van der Waals surface area (Å²) in [5.41, 5.74) is 3.17. The fraction of sp³-hybridized carbons (Fsp3) is 0.289. The van der Waals surface area contributed by atoms with Crippen LogP contribution in [0.1, 0.15) is 45.6 Å². The molecule has 5 aromatic rings. The minimum Gasteiger partial charge on any atom is -0.495 e. The number of rotatable bonds is 14. The summed E-state index contributed by atoms with van der Waals surface area (Å²) in [5.74, 6) is -2.64. The molecule has 0 aliphatic carbocycles. The molecule has 2 amide bonds. The summed E-state index contributed by atoms with van der Waals surface area (Å²) >= 11 is 0. The van der Waals surface area contributed by atoms with Gasteiger partial charge in [-0.05, 0) is 79.4 Å². The summed E-state index contributed by atoms with van der Waals surface area (Å²) in [4.78, 5) is 44.2.